The highest BCUT2D eigenvalue weighted by atomic mass is 14.8. The van der Waals surface area contributed by atoms with Gasteiger partial charge in [0.2, 0.25) is 0 Å². The normalized spacial score (nSPS) is 10.4. The molecule has 0 aliphatic rings. The fourth-order valence-corrected chi connectivity index (χ4v) is 0.941. The average molecular weight is 193 g/mol. The summed E-state index contributed by atoms with van der Waals surface area (Å²) < 4.78 is 0. The van der Waals surface area contributed by atoms with Crippen LogP contribution in [0.25, 0.3) is 0 Å². The number of hydrogen-bond acceptors (Lipinski definition) is 2. The highest BCUT2D eigenvalue weighted by Gasteiger charge is 1.95. The summed E-state index contributed by atoms with van der Waals surface area (Å²) in [5, 5.41) is 0. The van der Waals surface area contributed by atoms with E-state index in [1.165, 1.54) is 0 Å². The third kappa shape index (κ3) is 3.58. The lowest BCUT2D eigenvalue weighted by molar-refractivity contribution is 1.07. The van der Waals surface area contributed by atoms with Crippen molar-refractivity contribution in [3.63, 3.8) is 0 Å². The molecule has 14 heavy (non-hydrogen) atoms. The summed E-state index contributed by atoms with van der Waals surface area (Å²) in [7, 11) is 1.67. The lowest BCUT2D eigenvalue weighted by Gasteiger charge is -2.00. The molecule has 0 spiro atoms. The molecular weight excluding hydrogens is 174 g/mol. The van der Waals surface area contributed by atoms with Gasteiger partial charge in [0.05, 0.1) is 0 Å². The largest absolute Gasteiger partial charge is 0.384 e. The van der Waals surface area contributed by atoms with E-state index in [0.717, 1.165) is 11.1 Å². The molecule has 0 amide bonds. The van der Waals surface area contributed by atoms with Crippen LogP contribution in [0.15, 0.2) is 29.3 Å². The van der Waals surface area contributed by atoms with Gasteiger partial charge in [-0.05, 0) is 5.56 Å². The number of rotatable bonds is 2. The van der Waals surface area contributed by atoms with Crippen molar-refractivity contribution >= 4 is 5.84 Å². The van der Waals surface area contributed by atoms with Gasteiger partial charge < -0.3 is 11.5 Å². The van der Waals surface area contributed by atoms with Crippen LogP contribution >= 0.6 is 0 Å². The first-order valence-electron chi connectivity index (χ1n) is 4.79. The molecule has 1 aromatic rings. The summed E-state index contributed by atoms with van der Waals surface area (Å²) in [6, 6.07) is 7.75. The van der Waals surface area contributed by atoms with Crippen LogP contribution in [0, 0.1) is 0 Å². The molecule has 0 unspecified atom stereocenters. The number of nitrogens with zero attached hydrogens (tertiary/aromatic N) is 1. The number of hydrogen-bond donors (Lipinski definition) is 2. The third-order valence-electron chi connectivity index (χ3n) is 1.73. The van der Waals surface area contributed by atoms with E-state index in [0.29, 0.717) is 12.4 Å². The molecule has 0 aromatic heterocycles. The molecule has 3 nitrogen and oxygen atoms in total. The molecule has 1 rings (SSSR count). The highest BCUT2D eigenvalue weighted by Crippen LogP contribution is 2.02. The SMILES string of the molecule is CC.CN=C(N)c1ccc(CN)cc1. The quantitative estimate of drug-likeness (QED) is 0.552. The molecule has 0 fully saturated rings. The minimum Gasteiger partial charge on any atom is -0.384 e. The summed E-state index contributed by atoms with van der Waals surface area (Å²) in [5.41, 5.74) is 13.1. The van der Waals surface area contributed by atoms with E-state index in [1.54, 1.807) is 7.05 Å². The minimum atomic E-state index is 0.554. The molecule has 3 heteroatoms. The molecule has 0 bridgehead atoms. The van der Waals surface area contributed by atoms with Gasteiger partial charge in [0, 0.05) is 19.2 Å². The van der Waals surface area contributed by atoms with Gasteiger partial charge in [0.15, 0.2) is 0 Å². The summed E-state index contributed by atoms with van der Waals surface area (Å²) >= 11 is 0. The van der Waals surface area contributed by atoms with Crippen LogP contribution < -0.4 is 11.5 Å². The van der Waals surface area contributed by atoms with Crippen molar-refractivity contribution in [2.45, 2.75) is 20.4 Å². The van der Waals surface area contributed by atoms with Crippen LogP contribution in [0.4, 0.5) is 0 Å². The predicted octanol–water partition coefficient (Wildman–Crippen LogP) is 1.51. The first-order chi connectivity index (χ1) is 6.77. The van der Waals surface area contributed by atoms with E-state index in [9.17, 15) is 0 Å². The zero-order valence-electron chi connectivity index (χ0n) is 9.12. The summed E-state index contributed by atoms with van der Waals surface area (Å²) in [6.07, 6.45) is 0. The van der Waals surface area contributed by atoms with Crippen molar-refractivity contribution in [1.29, 1.82) is 0 Å². The molecular formula is C11H19N3. The smallest absolute Gasteiger partial charge is 0.125 e. The molecule has 0 radical (unpaired) electrons. The molecule has 0 heterocycles. The lowest BCUT2D eigenvalue weighted by atomic mass is 10.1. The van der Waals surface area contributed by atoms with Gasteiger partial charge in [0.1, 0.15) is 5.84 Å². The minimum absolute atomic E-state index is 0.554. The fourth-order valence-electron chi connectivity index (χ4n) is 0.941. The topological polar surface area (TPSA) is 64.4 Å². The zero-order valence-corrected chi connectivity index (χ0v) is 9.12. The Morgan fingerprint density at radius 1 is 1.21 bits per heavy atom. The number of aliphatic imine (C=N–C) groups is 1. The molecule has 1 aromatic carbocycles. The predicted molar refractivity (Wildman–Crippen MR) is 62.3 cm³/mol. The second-order valence-electron chi connectivity index (χ2n) is 2.51. The van der Waals surface area contributed by atoms with Crippen LogP contribution in [0.2, 0.25) is 0 Å². The van der Waals surface area contributed by atoms with Gasteiger partial charge in [0.25, 0.3) is 0 Å². The van der Waals surface area contributed by atoms with E-state index in [4.69, 9.17) is 11.5 Å². The van der Waals surface area contributed by atoms with Crippen LogP contribution in [0.3, 0.4) is 0 Å². The van der Waals surface area contributed by atoms with E-state index in [2.05, 4.69) is 4.99 Å². The maximum atomic E-state index is 5.60. The standard InChI is InChI=1S/C9H13N3.C2H6/c1-12-9(11)8-4-2-7(6-10)3-5-8;1-2/h2-5H,6,10H2,1H3,(H2,11,12);1-2H3. The van der Waals surface area contributed by atoms with Crippen molar-refractivity contribution in [3.05, 3.63) is 35.4 Å². The van der Waals surface area contributed by atoms with Crippen LogP contribution in [-0.2, 0) is 6.54 Å². The number of nitrogens with two attached hydrogens (primary N) is 2. The van der Waals surface area contributed by atoms with Gasteiger partial charge >= 0.3 is 0 Å². The molecule has 0 saturated heterocycles. The first-order valence-corrected chi connectivity index (χ1v) is 4.79. The van der Waals surface area contributed by atoms with Gasteiger partial charge in [-0.3, -0.25) is 4.99 Å². The molecule has 0 aliphatic heterocycles. The molecule has 4 N–H and O–H groups in total. The van der Waals surface area contributed by atoms with Crippen molar-refractivity contribution in [3.8, 4) is 0 Å². The maximum Gasteiger partial charge on any atom is 0.125 e. The Hall–Kier alpha value is -1.35. The van der Waals surface area contributed by atoms with Crippen molar-refractivity contribution in [2.24, 2.45) is 16.5 Å². The van der Waals surface area contributed by atoms with Gasteiger partial charge in [-0.25, -0.2) is 0 Å². The van der Waals surface area contributed by atoms with Gasteiger partial charge in [-0.15, -0.1) is 0 Å². The van der Waals surface area contributed by atoms with E-state index in [1.807, 2.05) is 38.1 Å². The Balaban J connectivity index is 0.000000791. The Labute approximate surface area is 85.8 Å². The molecule has 0 atom stereocenters. The van der Waals surface area contributed by atoms with Crippen molar-refractivity contribution in [2.75, 3.05) is 7.05 Å². The molecule has 78 valence electrons. The Morgan fingerprint density at radius 3 is 2.07 bits per heavy atom. The third-order valence-corrected chi connectivity index (χ3v) is 1.73. The molecule has 0 aliphatic carbocycles. The van der Waals surface area contributed by atoms with Crippen LogP contribution in [-0.4, -0.2) is 12.9 Å². The average Bonchev–Trinajstić information content (AvgIpc) is 2.31. The fraction of sp³-hybridized carbons (Fsp3) is 0.364. The van der Waals surface area contributed by atoms with Crippen LogP contribution in [0.1, 0.15) is 25.0 Å². The Kier molecular flexibility index (Phi) is 6.41. The second kappa shape index (κ2) is 7.09. The van der Waals surface area contributed by atoms with Crippen molar-refractivity contribution in [1.82, 2.24) is 0 Å². The molecule has 0 saturated carbocycles. The van der Waals surface area contributed by atoms with Crippen LogP contribution in [0.5, 0.6) is 0 Å². The van der Waals surface area contributed by atoms with Gasteiger partial charge in [-0.1, -0.05) is 38.1 Å². The summed E-state index contributed by atoms with van der Waals surface area (Å²) in [5.74, 6) is 0.554. The maximum absolute atomic E-state index is 5.60. The number of amidine groups is 1. The Morgan fingerprint density at radius 2 is 1.71 bits per heavy atom. The lowest BCUT2D eigenvalue weighted by Crippen LogP contribution is -2.12. The highest BCUT2D eigenvalue weighted by molar-refractivity contribution is 5.97. The van der Waals surface area contributed by atoms with Crippen molar-refractivity contribution < 1.29 is 0 Å². The Bertz CT molecular complexity index is 275. The summed E-state index contributed by atoms with van der Waals surface area (Å²) in [4.78, 5) is 3.88. The monoisotopic (exact) mass is 193 g/mol. The summed E-state index contributed by atoms with van der Waals surface area (Å²) in [6.45, 7) is 4.56. The van der Waals surface area contributed by atoms with E-state index in [-0.39, 0.29) is 0 Å². The number of benzene rings is 1. The first kappa shape index (κ1) is 12.7. The zero-order chi connectivity index (χ0) is 11.0. The van der Waals surface area contributed by atoms with E-state index >= 15 is 0 Å². The second-order valence-corrected chi connectivity index (χ2v) is 2.51. The van der Waals surface area contributed by atoms with Gasteiger partial charge in [-0.2, -0.15) is 0 Å². The van der Waals surface area contributed by atoms with E-state index < -0.39 is 0 Å².